The first kappa shape index (κ1) is 96.6. The number of thioether (sulfide) groups is 3. The first-order chi connectivity index (χ1) is 56.6. The van der Waals surface area contributed by atoms with Gasteiger partial charge in [0, 0.05) is 68.9 Å². The van der Waals surface area contributed by atoms with Gasteiger partial charge in [-0.15, -0.1) is 5.92 Å². The lowest BCUT2D eigenvalue weighted by molar-refractivity contribution is 0.0552. The molecule has 7 aromatic carbocycles. The molecule has 34 heteroatoms. The van der Waals surface area contributed by atoms with Gasteiger partial charge in [-0.05, 0) is 264 Å². The monoisotopic (exact) mass is 1970 g/mol. The minimum Gasteiger partial charge on any atom is -0.463 e. The van der Waals surface area contributed by atoms with Gasteiger partial charge in [-0.2, -0.15) is 5.26 Å². The van der Waals surface area contributed by atoms with Crippen molar-refractivity contribution in [1.29, 1.82) is 5.26 Å². The van der Waals surface area contributed by atoms with E-state index in [0.29, 0.717) is 83.3 Å². The molecule has 0 bridgehead atoms. The largest absolute Gasteiger partial charge is 0.463 e. The standard InChI is InChI=1S/C21H21FN4O2S.C17H14BrFN2OS.C16H20BrFN2O2S.C16H22FN3O2S.C9H9BrFN.C7H3BrFN/c1-3-4-9-28-19-13-24-17(12-25-19)18(27)11-14-5-6-16(22)15(10-14)21(7-8-21)26-20(23)29-2;18-12-6-7-14(19)13(10-12)17(8-9-17)21-16(23)20-15(22)11-4-2-1-3-5-11;1-15(2,3)22-14(21)19-13(23-4)20-16(7-8-16)11-9-10(17)5-6-12(11)18;1-15(2,3)22-14(21)19-13(23-4)20-16(7-8-16)11-9-10(18)5-6-12(11)17;10-6-1-2-8(11)7(5-6)9(12)3-4-9;8-6-1-2-7(9)5(3-6)4-10/h5-6,10,12-13H,7-9,11H2,1-2H3,(H2,23,26);1-7,10H,8-9H2,(H2,20,21,22,23);5-6,9H,7-8H2,1-4H3,(H,19,20,21);5-6,9H,7-8,18H2,1-4H3,(H,19,20,21);1-2,5H,3-4,12H2;1-3H. The number of anilines is 1. The molecule has 1 aromatic heterocycles. The van der Waals surface area contributed by atoms with E-state index in [-0.39, 0.29) is 75.7 Å². The van der Waals surface area contributed by atoms with Crippen LogP contribution in [0.2, 0.25) is 0 Å². The van der Waals surface area contributed by atoms with Crippen LogP contribution in [0.15, 0.2) is 185 Å². The fourth-order valence-electron chi connectivity index (χ4n) is 11.5. The van der Waals surface area contributed by atoms with E-state index in [1.807, 2.05) is 18.6 Å². The zero-order valence-corrected chi connectivity index (χ0v) is 76.7. The number of nitrogen functional groups attached to an aromatic ring is 1. The van der Waals surface area contributed by atoms with Gasteiger partial charge in [-0.25, -0.2) is 45.9 Å². The molecule has 5 aliphatic carbocycles. The molecule has 0 atom stereocenters. The molecule has 634 valence electrons. The minimum atomic E-state index is -0.646. The van der Waals surface area contributed by atoms with Gasteiger partial charge in [0.2, 0.25) is 5.88 Å². The number of nitrogens with one attached hydrogen (secondary N) is 4. The van der Waals surface area contributed by atoms with Gasteiger partial charge in [0.15, 0.2) is 33.0 Å². The molecule has 5 saturated carbocycles. The highest BCUT2D eigenvalue weighted by Crippen LogP contribution is 2.54. The molecule has 5 fully saturated rings. The zero-order valence-electron chi connectivity index (χ0n) is 67.1. The second-order valence-corrected chi connectivity index (χ2v) is 36.5. The van der Waals surface area contributed by atoms with Crippen LogP contribution in [0.4, 0.5) is 41.6 Å². The zero-order chi connectivity index (χ0) is 88.1. The Labute approximate surface area is 745 Å². The van der Waals surface area contributed by atoms with Gasteiger partial charge in [0.1, 0.15) is 57.9 Å². The van der Waals surface area contributed by atoms with Gasteiger partial charge in [0.25, 0.3) is 5.91 Å². The number of ether oxygens (including phenoxy) is 3. The van der Waals surface area contributed by atoms with Crippen molar-refractivity contribution in [1.82, 2.24) is 31.2 Å². The SMILES string of the molecule is CC#CCOc1cnc(C(=O)Cc2ccc(F)c(C3(N=C(N)SC)CC3)c2)cn1.CSC(=NC1(c2cc(Br)ccc2F)CC1)NC(=O)OC(C)(C)C.CSC(=NC1(c2cc(N)ccc2F)CC1)NC(=O)OC(C)(C)C.N#Cc1cc(Br)ccc1F.NC1(c2cc(Br)ccc2F)CC1.O=C(NC(=S)NC1(c2cc(Br)ccc2F)CC1)c1ccccc1. The highest BCUT2D eigenvalue weighted by molar-refractivity contribution is 9.11. The highest BCUT2D eigenvalue weighted by Gasteiger charge is 2.50. The summed E-state index contributed by atoms with van der Waals surface area (Å²) in [6.07, 6.45) is 14.8. The predicted octanol–water partition coefficient (Wildman–Crippen LogP) is 20.4. The van der Waals surface area contributed by atoms with Crippen LogP contribution < -0.4 is 43.2 Å². The molecule has 20 nitrogen and oxygen atoms in total. The van der Waals surface area contributed by atoms with Gasteiger partial charge < -0.3 is 36.7 Å². The summed E-state index contributed by atoms with van der Waals surface area (Å²) in [4.78, 5) is 70.2. The number of nitriles is 1. The summed E-state index contributed by atoms with van der Waals surface area (Å²) < 4.78 is 101. The molecule has 5 aliphatic rings. The number of amides is 3. The second-order valence-electron chi connectivity index (χ2n) is 30.0. The van der Waals surface area contributed by atoms with Crippen LogP contribution in [-0.4, -0.2) is 91.0 Å². The molecule has 0 unspecified atom stereocenters. The summed E-state index contributed by atoms with van der Waals surface area (Å²) in [5.41, 5.74) is 18.2. The van der Waals surface area contributed by atoms with E-state index < -0.39 is 51.4 Å². The molecule has 1 heterocycles. The van der Waals surface area contributed by atoms with Gasteiger partial charge in [0.05, 0.1) is 40.1 Å². The van der Waals surface area contributed by atoms with Gasteiger partial charge in [-0.1, -0.05) is 129 Å². The minimum absolute atomic E-state index is 0.0642. The predicted molar refractivity (Wildman–Crippen MR) is 482 cm³/mol. The molecule has 0 spiro atoms. The Morgan fingerprint density at radius 3 is 1.46 bits per heavy atom. The number of nitrogens with zero attached hydrogens (tertiary/aromatic N) is 6. The number of Topliss-reactive ketones (excluding diaryl/α,β-unsaturated/α-hetero) is 1. The fraction of sp³-hybridized carbons (Fsp3) is 0.337. The Balaban J connectivity index is 0.000000184. The number of aromatic nitrogens is 2. The molecule has 0 radical (unpaired) electrons. The third-order valence-electron chi connectivity index (χ3n) is 18.3. The van der Waals surface area contributed by atoms with Crippen molar-refractivity contribution in [3.63, 3.8) is 0 Å². The lowest BCUT2D eigenvalue weighted by atomic mass is 9.98. The molecular formula is C86H89Br4F6N13O7S4. The summed E-state index contributed by atoms with van der Waals surface area (Å²) in [6, 6.07) is 38.5. The summed E-state index contributed by atoms with van der Waals surface area (Å²) in [5.74, 6) is 3.35. The van der Waals surface area contributed by atoms with Crippen LogP contribution in [0.5, 0.6) is 5.88 Å². The number of hydrogen-bond donors (Lipinski definition) is 7. The van der Waals surface area contributed by atoms with E-state index in [1.54, 1.807) is 146 Å². The van der Waals surface area contributed by atoms with E-state index in [1.165, 1.54) is 96.2 Å². The molecule has 120 heavy (non-hydrogen) atoms. The fourth-order valence-corrected chi connectivity index (χ4v) is 14.4. The van der Waals surface area contributed by atoms with E-state index in [2.05, 4.69) is 122 Å². The third kappa shape index (κ3) is 29.2. The Hall–Kier alpha value is -8.84. The van der Waals surface area contributed by atoms with E-state index in [9.17, 15) is 45.5 Å². The summed E-state index contributed by atoms with van der Waals surface area (Å²) in [6.45, 7) is 12.7. The number of alkyl carbamates (subject to hydrolysis) is 2. The average Bonchev–Trinajstić information content (AvgIpc) is 1.60. The number of rotatable bonds is 15. The average molecular weight is 1980 g/mol. The number of benzene rings is 7. The number of amidine groups is 3. The maximum atomic E-state index is 14.4. The summed E-state index contributed by atoms with van der Waals surface area (Å²) in [5, 5.41) is 20.8. The third-order valence-corrected chi connectivity index (χ3v) is 22.1. The van der Waals surface area contributed by atoms with Crippen molar-refractivity contribution in [2.75, 3.05) is 31.1 Å². The lowest BCUT2D eigenvalue weighted by Crippen LogP contribution is -2.44. The van der Waals surface area contributed by atoms with Crippen LogP contribution in [-0.2, 0) is 43.6 Å². The Morgan fingerprint density at radius 2 is 1.01 bits per heavy atom. The van der Waals surface area contributed by atoms with Crippen molar-refractivity contribution in [3.05, 3.63) is 255 Å². The number of ketones is 1. The molecule has 10 N–H and O–H groups in total. The normalized spacial score (nSPS) is 15.5. The van der Waals surface area contributed by atoms with Gasteiger partial charge in [-0.3, -0.25) is 40.5 Å². The number of carbonyl (C=O) groups excluding carboxylic acids is 4. The van der Waals surface area contributed by atoms with Crippen LogP contribution >= 0.6 is 111 Å². The molecular weight excluding hydrogens is 1890 g/mol. The molecule has 13 rings (SSSR count). The maximum Gasteiger partial charge on any atom is 0.413 e. The number of hydrogen-bond acceptors (Lipinski definition) is 19. The van der Waals surface area contributed by atoms with Crippen LogP contribution in [0.25, 0.3) is 0 Å². The smallest absolute Gasteiger partial charge is 0.413 e. The molecule has 0 saturated heterocycles. The Morgan fingerprint density at radius 1 is 0.558 bits per heavy atom. The summed E-state index contributed by atoms with van der Waals surface area (Å²) >= 11 is 22.3. The number of carbonyl (C=O) groups is 4. The van der Waals surface area contributed by atoms with Gasteiger partial charge >= 0.3 is 12.2 Å². The maximum absolute atomic E-state index is 14.4. The molecule has 8 aromatic rings. The van der Waals surface area contributed by atoms with Crippen molar-refractivity contribution in [2.24, 2.45) is 26.4 Å². The van der Waals surface area contributed by atoms with Crippen molar-refractivity contribution in [2.45, 2.75) is 158 Å². The lowest BCUT2D eigenvalue weighted by Gasteiger charge is -2.21. The molecule has 0 aliphatic heterocycles. The number of thiocarbonyl (C=S) groups is 1. The number of halogens is 10. The Kier molecular flexibility index (Phi) is 34.4. The number of aliphatic imine (C=N–C) groups is 3. The summed E-state index contributed by atoms with van der Waals surface area (Å²) in [7, 11) is 0. The first-order valence-corrected chi connectivity index (χ1v) is 44.5. The highest BCUT2D eigenvalue weighted by atomic mass is 79.9. The second kappa shape index (κ2) is 42.8. The van der Waals surface area contributed by atoms with E-state index in [4.69, 9.17) is 48.9 Å². The Bertz CT molecular complexity index is 5150. The van der Waals surface area contributed by atoms with Crippen molar-refractivity contribution in [3.8, 4) is 23.8 Å². The van der Waals surface area contributed by atoms with Crippen molar-refractivity contribution >= 4 is 161 Å². The van der Waals surface area contributed by atoms with E-state index in [0.717, 1.165) is 64.8 Å². The first-order valence-electron chi connectivity index (χ1n) is 37.2. The topological polar surface area (TPSA) is 309 Å². The molecule has 3 amide bonds. The van der Waals surface area contributed by atoms with E-state index >= 15 is 0 Å². The van der Waals surface area contributed by atoms with Crippen LogP contribution in [0.1, 0.15) is 172 Å². The number of nitrogens with two attached hydrogens (primary N) is 3. The quantitative estimate of drug-likeness (QED) is 0.00954. The van der Waals surface area contributed by atoms with Crippen molar-refractivity contribution < 1.29 is 59.7 Å². The van der Waals surface area contributed by atoms with Crippen LogP contribution in [0, 0.1) is 58.1 Å². The van der Waals surface area contributed by atoms with Crippen LogP contribution in [0.3, 0.4) is 0 Å².